The largest absolute Gasteiger partial charge is 0.479 e. The molecule has 0 aliphatic carbocycles. The van der Waals surface area contributed by atoms with Crippen LogP contribution in [0.4, 0.5) is 5.69 Å². The van der Waals surface area contributed by atoms with Gasteiger partial charge in [0, 0.05) is 16.1 Å². The lowest BCUT2D eigenvalue weighted by Gasteiger charge is -2.19. The highest BCUT2D eigenvalue weighted by atomic mass is 35.5. The maximum absolute atomic E-state index is 12.9. The van der Waals surface area contributed by atoms with E-state index in [0.29, 0.717) is 39.0 Å². The molecule has 29 heavy (non-hydrogen) atoms. The number of carbonyl (C=O) groups is 2. The molecule has 1 amide bonds. The van der Waals surface area contributed by atoms with Gasteiger partial charge in [0.05, 0.1) is 10.7 Å². The molecule has 1 N–H and O–H groups in total. The fourth-order valence-corrected chi connectivity index (χ4v) is 3.14. The Morgan fingerprint density at radius 1 is 0.966 bits per heavy atom. The highest BCUT2D eigenvalue weighted by Crippen LogP contribution is 2.27. The number of anilines is 1. The van der Waals surface area contributed by atoms with Crippen molar-refractivity contribution >= 4 is 40.6 Å². The molecule has 0 bridgehead atoms. The van der Waals surface area contributed by atoms with Crippen LogP contribution in [0.15, 0.2) is 72.8 Å². The number of amides is 1. The molecule has 0 fully saturated rings. The van der Waals surface area contributed by atoms with Crippen molar-refractivity contribution in [3.63, 3.8) is 0 Å². The number of nitrogens with one attached hydrogen (secondary N) is 1. The van der Waals surface area contributed by atoms with Crippen LogP contribution in [-0.2, 0) is 4.79 Å². The van der Waals surface area contributed by atoms with E-state index in [1.807, 2.05) is 13.0 Å². The van der Waals surface area contributed by atoms with E-state index in [2.05, 4.69) is 5.32 Å². The van der Waals surface area contributed by atoms with Gasteiger partial charge in [-0.2, -0.15) is 0 Å². The fourth-order valence-electron chi connectivity index (χ4n) is 2.79. The van der Waals surface area contributed by atoms with Crippen molar-refractivity contribution in [3.05, 3.63) is 94.0 Å². The van der Waals surface area contributed by atoms with Crippen molar-refractivity contribution in [2.45, 2.75) is 19.4 Å². The first-order valence-electron chi connectivity index (χ1n) is 9.11. The topological polar surface area (TPSA) is 55.4 Å². The van der Waals surface area contributed by atoms with Gasteiger partial charge in [-0.1, -0.05) is 72.6 Å². The molecule has 6 heteroatoms. The van der Waals surface area contributed by atoms with Crippen LogP contribution in [0.3, 0.4) is 0 Å². The monoisotopic (exact) mass is 427 g/mol. The molecule has 0 spiro atoms. The smallest absolute Gasteiger partial charge is 0.265 e. The first kappa shape index (κ1) is 20.9. The van der Waals surface area contributed by atoms with Crippen LogP contribution < -0.4 is 10.1 Å². The Bertz CT molecular complexity index is 1020. The predicted octanol–water partition coefficient (Wildman–Crippen LogP) is 6.02. The molecule has 0 saturated heterocycles. The summed E-state index contributed by atoms with van der Waals surface area (Å²) in [6.07, 6.45) is -0.350. The van der Waals surface area contributed by atoms with Crippen LogP contribution in [0.5, 0.6) is 5.75 Å². The van der Waals surface area contributed by atoms with Gasteiger partial charge < -0.3 is 10.1 Å². The van der Waals surface area contributed by atoms with Crippen LogP contribution in [0, 0.1) is 0 Å². The van der Waals surface area contributed by atoms with Gasteiger partial charge in [0.1, 0.15) is 5.75 Å². The third-order valence-corrected chi connectivity index (χ3v) is 4.84. The summed E-state index contributed by atoms with van der Waals surface area (Å²) in [5, 5.41) is 3.62. The quantitative estimate of drug-likeness (QED) is 0.468. The number of benzene rings is 3. The predicted molar refractivity (Wildman–Crippen MR) is 116 cm³/mol. The summed E-state index contributed by atoms with van der Waals surface area (Å²) < 4.78 is 5.78. The number of carbonyl (C=O) groups excluding carboxylic acids is 2. The van der Waals surface area contributed by atoms with E-state index in [0.717, 1.165) is 0 Å². The van der Waals surface area contributed by atoms with Gasteiger partial charge in [0.25, 0.3) is 5.91 Å². The summed E-state index contributed by atoms with van der Waals surface area (Å²) in [6, 6.07) is 20.5. The average molecular weight is 428 g/mol. The summed E-state index contributed by atoms with van der Waals surface area (Å²) in [5.41, 5.74) is 1.18. The minimum atomic E-state index is -0.773. The minimum absolute atomic E-state index is 0.233. The van der Waals surface area contributed by atoms with Crippen molar-refractivity contribution in [1.29, 1.82) is 0 Å². The highest BCUT2D eigenvalue weighted by Gasteiger charge is 2.22. The second-order valence-electron chi connectivity index (χ2n) is 6.32. The summed E-state index contributed by atoms with van der Waals surface area (Å²) >= 11 is 12.2. The molecule has 0 aliphatic heterocycles. The number of hydrogen-bond acceptors (Lipinski definition) is 3. The zero-order chi connectivity index (χ0) is 20.8. The number of hydrogen-bond donors (Lipinski definition) is 1. The Morgan fingerprint density at radius 2 is 1.66 bits per heavy atom. The summed E-state index contributed by atoms with van der Waals surface area (Å²) in [6.45, 7) is 1.83. The maximum Gasteiger partial charge on any atom is 0.265 e. The molecule has 0 saturated carbocycles. The van der Waals surface area contributed by atoms with Gasteiger partial charge in [-0.3, -0.25) is 9.59 Å². The first-order valence-corrected chi connectivity index (χ1v) is 9.86. The molecule has 1 atom stereocenters. The van der Waals surface area contributed by atoms with E-state index >= 15 is 0 Å². The Kier molecular flexibility index (Phi) is 6.91. The molecule has 3 aromatic carbocycles. The standard InChI is InChI=1S/C23H19Cl2NO3/c1-2-20(29-21-11-7-6-10-18(21)25)23(28)26-19-13-12-16(24)14-17(19)22(27)15-8-4-3-5-9-15/h3-14,20H,2H2,1H3,(H,26,28)/t20-/m0/s1. The Balaban J connectivity index is 1.84. The lowest BCUT2D eigenvalue weighted by atomic mass is 10.0. The van der Waals surface area contributed by atoms with Crippen molar-refractivity contribution in [1.82, 2.24) is 0 Å². The number of rotatable bonds is 7. The summed E-state index contributed by atoms with van der Waals surface area (Å²) in [7, 11) is 0. The summed E-state index contributed by atoms with van der Waals surface area (Å²) in [4.78, 5) is 25.7. The molecule has 0 radical (unpaired) electrons. The lowest BCUT2D eigenvalue weighted by molar-refractivity contribution is -0.122. The third kappa shape index (κ3) is 5.17. The van der Waals surface area contributed by atoms with E-state index in [1.165, 1.54) is 0 Å². The summed E-state index contributed by atoms with van der Waals surface area (Å²) in [5.74, 6) is -0.187. The Hall–Kier alpha value is -2.82. The molecule has 0 aliphatic rings. The molecule has 0 heterocycles. The zero-order valence-electron chi connectivity index (χ0n) is 15.7. The maximum atomic E-state index is 12.9. The van der Waals surface area contributed by atoms with E-state index < -0.39 is 6.10 Å². The fraction of sp³-hybridized carbons (Fsp3) is 0.130. The molecule has 148 valence electrons. The molecular formula is C23H19Cl2NO3. The second kappa shape index (κ2) is 9.59. The number of ether oxygens (including phenoxy) is 1. The van der Waals surface area contributed by atoms with Gasteiger partial charge >= 0.3 is 0 Å². The first-order chi connectivity index (χ1) is 14.0. The van der Waals surface area contributed by atoms with Crippen LogP contribution in [0.2, 0.25) is 10.0 Å². The molecule has 0 aromatic heterocycles. The van der Waals surface area contributed by atoms with Crippen molar-refractivity contribution in [3.8, 4) is 5.75 Å². The van der Waals surface area contributed by atoms with Gasteiger partial charge in [-0.25, -0.2) is 0 Å². The molecule has 4 nitrogen and oxygen atoms in total. The molecule has 3 aromatic rings. The second-order valence-corrected chi connectivity index (χ2v) is 7.16. The van der Waals surface area contributed by atoms with Gasteiger partial charge in [0.15, 0.2) is 11.9 Å². The van der Waals surface area contributed by atoms with Crippen LogP contribution in [0.25, 0.3) is 0 Å². The highest BCUT2D eigenvalue weighted by molar-refractivity contribution is 6.32. The third-order valence-electron chi connectivity index (χ3n) is 4.29. The van der Waals surface area contributed by atoms with Crippen LogP contribution in [0.1, 0.15) is 29.3 Å². The SMILES string of the molecule is CC[C@H](Oc1ccccc1Cl)C(=O)Nc1ccc(Cl)cc1C(=O)c1ccccc1. The lowest BCUT2D eigenvalue weighted by Crippen LogP contribution is -2.33. The zero-order valence-corrected chi connectivity index (χ0v) is 17.2. The van der Waals surface area contributed by atoms with Crippen molar-refractivity contribution < 1.29 is 14.3 Å². The van der Waals surface area contributed by atoms with Gasteiger partial charge in [-0.05, 0) is 36.8 Å². The Labute approximate surface area is 179 Å². The number of para-hydroxylation sites is 1. The van der Waals surface area contributed by atoms with Crippen molar-refractivity contribution in [2.24, 2.45) is 0 Å². The average Bonchev–Trinajstić information content (AvgIpc) is 2.74. The number of halogens is 2. The molecule has 3 rings (SSSR count). The molecule has 0 unspecified atom stereocenters. The van der Waals surface area contributed by atoms with Gasteiger partial charge in [0.2, 0.25) is 0 Å². The van der Waals surface area contributed by atoms with E-state index in [1.54, 1.807) is 66.7 Å². The van der Waals surface area contributed by atoms with E-state index in [4.69, 9.17) is 27.9 Å². The van der Waals surface area contributed by atoms with Gasteiger partial charge in [-0.15, -0.1) is 0 Å². The normalized spacial score (nSPS) is 11.6. The number of ketones is 1. The molecular weight excluding hydrogens is 409 g/mol. The van der Waals surface area contributed by atoms with E-state index in [9.17, 15) is 9.59 Å². The van der Waals surface area contributed by atoms with Crippen LogP contribution >= 0.6 is 23.2 Å². The van der Waals surface area contributed by atoms with Crippen LogP contribution in [-0.4, -0.2) is 17.8 Å². The van der Waals surface area contributed by atoms with E-state index in [-0.39, 0.29) is 11.7 Å². The van der Waals surface area contributed by atoms with Crippen molar-refractivity contribution in [2.75, 3.05) is 5.32 Å². The minimum Gasteiger partial charge on any atom is -0.479 e. The Morgan fingerprint density at radius 3 is 2.34 bits per heavy atom.